The molecule has 1 aliphatic heterocycles. The van der Waals surface area contributed by atoms with E-state index in [9.17, 15) is 0 Å². The molecule has 2 heterocycles. The molecule has 0 bridgehead atoms. The fraction of sp³-hybridized carbons (Fsp3) is 0.833. The molecule has 3 rings (SSSR count). The third kappa shape index (κ3) is 4.56. The second kappa shape index (κ2) is 8.11. The molecular formula is C18H32N4. The molecule has 0 aromatic carbocycles. The molecule has 1 saturated heterocycles. The van der Waals surface area contributed by atoms with Crippen molar-refractivity contribution in [2.24, 2.45) is 13.0 Å². The highest BCUT2D eigenvalue weighted by molar-refractivity contribution is 5.00. The van der Waals surface area contributed by atoms with E-state index in [-0.39, 0.29) is 0 Å². The van der Waals surface area contributed by atoms with E-state index in [1.807, 2.05) is 17.9 Å². The minimum Gasteiger partial charge on any atom is -0.302 e. The Hall–Kier alpha value is -0.870. The lowest BCUT2D eigenvalue weighted by atomic mass is 9.89. The van der Waals surface area contributed by atoms with Gasteiger partial charge in [-0.1, -0.05) is 19.3 Å². The summed E-state index contributed by atoms with van der Waals surface area (Å²) < 4.78 is 2.01. The SMILES string of the molecule is Cn1nccc1CCN1CCCN(CC2CCCCC2)CC1. The fourth-order valence-electron chi connectivity index (χ4n) is 4.08. The number of rotatable bonds is 5. The van der Waals surface area contributed by atoms with Crippen molar-refractivity contribution in [3.8, 4) is 0 Å². The average molecular weight is 304 g/mol. The summed E-state index contributed by atoms with van der Waals surface area (Å²) in [6.07, 6.45) is 11.7. The van der Waals surface area contributed by atoms with E-state index >= 15 is 0 Å². The van der Waals surface area contributed by atoms with E-state index < -0.39 is 0 Å². The smallest absolute Gasteiger partial charge is 0.0492 e. The molecule has 2 fully saturated rings. The maximum atomic E-state index is 4.27. The summed E-state index contributed by atoms with van der Waals surface area (Å²) in [7, 11) is 2.05. The molecule has 0 spiro atoms. The second-order valence-corrected chi connectivity index (χ2v) is 7.20. The second-order valence-electron chi connectivity index (χ2n) is 7.20. The Morgan fingerprint density at radius 3 is 2.55 bits per heavy atom. The lowest BCUT2D eigenvalue weighted by Gasteiger charge is -2.28. The van der Waals surface area contributed by atoms with E-state index in [1.165, 1.54) is 83.5 Å². The Morgan fingerprint density at radius 1 is 1.00 bits per heavy atom. The van der Waals surface area contributed by atoms with Crippen molar-refractivity contribution in [2.45, 2.75) is 44.9 Å². The first-order valence-corrected chi connectivity index (χ1v) is 9.23. The number of hydrogen-bond acceptors (Lipinski definition) is 3. The summed E-state index contributed by atoms with van der Waals surface area (Å²) in [5.41, 5.74) is 1.35. The van der Waals surface area contributed by atoms with E-state index in [2.05, 4.69) is 21.0 Å². The highest BCUT2D eigenvalue weighted by Crippen LogP contribution is 2.24. The van der Waals surface area contributed by atoms with Crippen LogP contribution in [-0.4, -0.2) is 58.8 Å². The van der Waals surface area contributed by atoms with Gasteiger partial charge in [0, 0.05) is 51.5 Å². The van der Waals surface area contributed by atoms with E-state index in [0.29, 0.717) is 0 Å². The van der Waals surface area contributed by atoms with Crippen LogP contribution in [0.2, 0.25) is 0 Å². The summed E-state index contributed by atoms with van der Waals surface area (Å²) in [6.45, 7) is 7.61. The van der Waals surface area contributed by atoms with Crippen LogP contribution in [0.5, 0.6) is 0 Å². The van der Waals surface area contributed by atoms with Crippen LogP contribution in [0.4, 0.5) is 0 Å². The van der Waals surface area contributed by atoms with Crippen LogP contribution in [0.1, 0.15) is 44.2 Å². The number of hydrogen-bond donors (Lipinski definition) is 0. The normalized spacial score (nSPS) is 22.8. The Balaban J connectivity index is 1.40. The van der Waals surface area contributed by atoms with Gasteiger partial charge in [-0.05, 0) is 44.3 Å². The number of aryl methyl sites for hydroxylation is 1. The van der Waals surface area contributed by atoms with Gasteiger partial charge in [0.05, 0.1) is 0 Å². The van der Waals surface area contributed by atoms with Crippen molar-refractivity contribution in [2.75, 3.05) is 39.3 Å². The van der Waals surface area contributed by atoms with Gasteiger partial charge in [-0.15, -0.1) is 0 Å². The minimum absolute atomic E-state index is 0.981. The molecule has 0 atom stereocenters. The Morgan fingerprint density at radius 2 is 1.77 bits per heavy atom. The zero-order chi connectivity index (χ0) is 15.2. The van der Waals surface area contributed by atoms with Crippen molar-refractivity contribution in [1.29, 1.82) is 0 Å². The van der Waals surface area contributed by atoms with Crippen LogP contribution >= 0.6 is 0 Å². The highest BCUT2D eigenvalue weighted by atomic mass is 15.3. The molecule has 22 heavy (non-hydrogen) atoms. The molecule has 1 aliphatic carbocycles. The maximum Gasteiger partial charge on any atom is 0.0492 e. The largest absolute Gasteiger partial charge is 0.302 e. The molecule has 0 amide bonds. The van der Waals surface area contributed by atoms with Gasteiger partial charge >= 0.3 is 0 Å². The van der Waals surface area contributed by atoms with Crippen molar-refractivity contribution >= 4 is 0 Å². The van der Waals surface area contributed by atoms with Crippen LogP contribution in [0.15, 0.2) is 12.3 Å². The van der Waals surface area contributed by atoms with Gasteiger partial charge in [0.2, 0.25) is 0 Å². The number of nitrogens with zero attached hydrogens (tertiary/aromatic N) is 4. The molecule has 4 nitrogen and oxygen atoms in total. The van der Waals surface area contributed by atoms with Gasteiger partial charge in [-0.25, -0.2) is 0 Å². The monoisotopic (exact) mass is 304 g/mol. The zero-order valence-electron chi connectivity index (χ0n) is 14.2. The summed E-state index contributed by atoms with van der Waals surface area (Å²) in [5, 5.41) is 4.27. The van der Waals surface area contributed by atoms with Gasteiger partial charge in [0.15, 0.2) is 0 Å². The molecule has 0 unspecified atom stereocenters. The van der Waals surface area contributed by atoms with Crippen LogP contribution in [0.3, 0.4) is 0 Å². The molecule has 0 radical (unpaired) electrons. The summed E-state index contributed by atoms with van der Waals surface area (Å²) in [5.74, 6) is 0.981. The van der Waals surface area contributed by atoms with Crippen LogP contribution < -0.4 is 0 Å². The van der Waals surface area contributed by atoms with Gasteiger partial charge in [-0.3, -0.25) is 4.68 Å². The Labute approximate surface area is 135 Å². The molecule has 0 N–H and O–H groups in total. The molecule has 124 valence electrons. The third-order valence-electron chi connectivity index (χ3n) is 5.53. The summed E-state index contributed by atoms with van der Waals surface area (Å²) >= 11 is 0. The number of aromatic nitrogens is 2. The van der Waals surface area contributed by atoms with Gasteiger partial charge in [-0.2, -0.15) is 5.10 Å². The van der Waals surface area contributed by atoms with Crippen molar-refractivity contribution in [3.63, 3.8) is 0 Å². The summed E-state index contributed by atoms with van der Waals surface area (Å²) in [4.78, 5) is 5.38. The van der Waals surface area contributed by atoms with Crippen LogP contribution in [0, 0.1) is 5.92 Å². The zero-order valence-corrected chi connectivity index (χ0v) is 14.2. The van der Waals surface area contributed by atoms with E-state index in [0.717, 1.165) is 12.3 Å². The first-order valence-electron chi connectivity index (χ1n) is 9.23. The predicted octanol–water partition coefficient (Wildman–Crippen LogP) is 2.55. The standard InChI is InChI=1S/C18H32N4/c1-20-18(8-10-19-20)9-13-21-11-5-12-22(15-14-21)16-17-6-3-2-4-7-17/h8,10,17H,2-7,9,11-16H2,1H3. The van der Waals surface area contributed by atoms with Gasteiger partial charge in [0.1, 0.15) is 0 Å². The highest BCUT2D eigenvalue weighted by Gasteiger charge is 2.20. The topological polar surface area (TPSA) is 24.3 Å². The molecule has 2 aliphatic rings. The maximum absolute atomic E-state index is 4.27. The molecule has 1 aromatic rings. The van der Waals surface area contributed by atoms with Crippen molar-refractivity contribution < 1.29 is 0 Å². The quantitative estimate of drug-likeness (QED) is 0.835. The van der Waals surface area contributed by atoms with Crippen molar-refractivity contribution in [1.82, 2.24) is 19.6 Å². The van der Waals surface area contributed by atoms with Gasteiger partial charge in [0.25, 0.3) is 0 Å². The molecule has 1 aromatic heterocycles. The lowest BCUT2D eigenvalue weighted by Crippen LogP contribution is -2.35. The summed E-state index contributed by atoms with van der Waals surface area (Å²) in [6, 6.07) is 2.15. The van der Waals surface area contributed by atoms with Crippen molar-refractivity contribution in [3.05, 3.63) is 18.0 Å². The fourth-order valence-corrected chi connectivity index (χ4v) is 4.08. The third-order valence-corrected chi connectivity index (χ3v) is 5.53. The Kier molecular flexibility index (Phi) is 5.90. The minimum atomic E-state index is 0.981. The van der Waals surface area contributed by atoms with E-state index in [4.69, 9.17) is 0 Å². The molecule has 4 heteroatoms. The molecule has 1 saturated carbocycles. The molecular weight excluding hydrogens is 272 g/mol. The van der Waals surface area contributed by atoms with E-state index in [1.54, 1.807) is 0 Å². The lowest BCUT2D eigenvalue weighted by molar-refractivity contribution is 0.201. The first kappa shape index (κ1) is 16.0. The van der Waals surface area contributed by atoms with Gasteiger partial charge < -0.3 is 9.80 Å². The van der Waals surface area contributed by atoms with Crippen LogP contribution in [-0.2, 0) is 13.5 Å². The first-order chi connectivity index (χ1) is 10.8. The average Bonchev–Trinajstić information content (AvgIpc) is 2.81. The van der Waals surface area contributed by atoms with Crippen LogP contribution in [0.25, 0.3) is 0 Å². The predicted molar refractivity (Wildman–Crippen MR) is 91.0 cm³/mol. The Bertz CT molecular complexity index is 436.